The first-order valence-corrected chi connectivity index (χ1v) is 6.65. The number of rotatable bonds is 7. The van der Waals surface area contributed by atoms with Gasteiger partial charge in [-0.05, 0) is 56.3 Å². The smallest absolute Gasteiger partial charge is 0.126 e. The number of halogens is 1. The van der Waals surface area contributed by atoms with Crippen molar-refractivity contribution in [1.82, 2.24) is 5.32 Å². The monoisotopic (exact) mass is 237 g/mol. The average Bonchev–Trinajstić information content (AvgIpc) is 2.34. The van der Waals surface area contributed by atoms with E-state index in [-0.39, 0.29) is 5.82 Å². The van der Waals surface area contributed by atoms with E-state index in [1.54, 1.807) is 6.07 Å². The lowest BCUT2D eigenvalue weighted by Gasteiger charge is -2.16. The van der Waals surface area contributed by atoms with Crippen LogP contribution in [0, 0.1) is 12.7 Å². The highest BCUT2D eigenvalue weighted by Crippen LogP contribution is 2.12. The van der Waals surface area contributed by atoms with Gasteiger partial charge in [-0.3, -0.25) is 0 Å². The van der Waals surface area contributed by atoms with E-state index in [0.29, 0.717) is 6.04 Å². The molecule has 0 aliphatic heterocycles. The molecule has 0 aliphatic carbocycles. The zero-order valence-electron chi connectivity index (χ0n) is 11.2. The van der Waals surface area contributed by atoms with Crippen LogP contribution in [0.3, 0.4) is 0 Å². The third-order valence-corrected chi connectivity index (χ3v) is 3.18. The number of hydrogen-bond donors (Lipinski definition) is 1. The molecule has 1 aromatic carbocycles. The molecule has 0 aromatic heterocycles. The highest BCUT2D eigenvalue weighted by atomic mass is 19.1. The Balaban J connectivity index is 2.45. The SMILES string of the molecule is CCCNC(CC)CCc1ccc(F)c(C)c1. The largest absolute Gasteiger partial charge is 0.314 e. The predicted molar refractivity (Wildman–Crippen MR) is 71.8 cm³/mol. The van der Waals surface area contributed by atoms with Gasteiger partial charge in [-0.2, -0.15) is 0 Å². The summed E-state index contributed by atoms with van der Waals surface area (Å²) in [5, 5.41) is 3.54. The van der Waals surface area contributed by atoms with Gasteiger partial charge in [0.25, 0.3) is 0 Å². The van der Waals surface area contributed by atoms with E-state index in [0.717, 1.165) is 31.4 Å². The average molecular weight is 237 g/mol. The fourth-order valence-corrected chi connectivity index (χ4v) is 2.00. The summed E-state index contributed by atoms with van der Waals surface area (Å²) in [6.07, 6.45) is 4.48. The molecule has 0 saturated heterocycles. The Morgan fingerprint density at radius 2 is 2.06 bits per heavy atom. The van der Waals surface area contributed by atoms with Gasteiger partial charge in [-0.25, -0.2) is 4.39 Å². The Morgan fingerprint density at radius 3 is 2.65 bits per heavy atom. The molecule has 0 amide bonds. The first-order valence-electron chi connectivity index (χ1n) is 6.65. The van der Waals surface area contributed by atoms with Gasteiger partial charge in [0.2, 0.25) is 0 Å². The van der Waals surface area contributed by atoms with Crippen molar-refractivity contribution in [2.45, 2.75) is 52.5 Å². The Bertz CT molecular complexity index is 336. The van der Waals surface area contributed by atoms with E-state index in [1.807, 2.05) is 19.1 Å². The van der Waals surface area contributed by atoms with Crippen LogP contribution in [0.15, 0.2) is 18.2 Å². The molecule has 96 valence electrons. The standard InChI is InChI=1S/C15H24FN/c1-4-10-17-14(5-2)8-6-13-7-9-15(16)12(3)11-13/h7,9,11,14,17H,4-6,8,10H2,1-3H3. The van der Waals surface area contributed by atoms with Crippen LogP contribution in [-0.4, -0.2) is 12.6 Å². The molecular weight excluding hydrogens is 213 g/mol. The lowest BCUT2D eigenvalue weighted by Crippen LogP contribution is -2.29. The summed E-state index contributed by atoms with van der Waals surface area (Å²) in [4.78, 5) is 0. The highest BCUT2D eigenvalue weighted by molar-refractivity contribution is 5.24. The third kappa shape index (κ3) is 4.86. The zero-order chi connectivity index (χ0) is 12.7. The quantitative estimate of drug-likeness (QED) is 0.759. The lowest BCUT2D eigenvalue weighted by molar-refractivity contribution is 0.468. The molecule has 0 fully saturated rings. The molecule has 0 bridgehead atoms. The molecule has 0 heterocycles. The van der Waals surface area contributed by atoms with Crippen molar-refractivity contribution in [1.29, 1.82) is 0 Å². The van der Waals surface area contributed by atoms with Gasteiger partial charge < -0.3 is 5.32 Å². The second-order valence-corrected chi connectivity index (χ2v) is 4.68. The van der Waals surface area contributed by atoms with Crippen molar-refractivity contribution in [3.8, 4) is 0 Å². The molecule has 1 rings (SSSR count). The van der Waals surface area contributed by atoms with Crippen molar-refractivity contribution in [3.05, 3.63) is 35.1 Å². The minimum Gasteiger partial charge on any atom is -0.314 e. The molecule has 1 nitrogen and oxygen atoms in total. The fraction of sp³-hybridized carbons (Fsp3) is 0.600. The molecule has 0 aliphatic rings. The van der Waals surface area contributed by atoms with Gasteiger partial charge in [0.1, 0.15) is 5.82 Å². The van der Waals surface area contributed by atoms with Crippen LogP contribution in [0.4, 0.5) is 4.39 Å². The predicted octanol–water partition coefficient (Wildman–Crippen LogP) is 3.84. The van der Waals surface area contributed by atoms with Gasteiger partial charge in [-0.1, -0.05) is 26.0 Å². The third-order valence-electron chi connectivity index (χ3n) is 3.18. The summed E-state index contributed by atoms with van der Waals surface area (Å²) in [5.74, 6) is -0.107. The van der Waals surface area contributed by atoms with Gasteiger partial charge in [-0.15, -0.1) is 0 Å². The molecule has 1 aromatic rings. The lowest BCUT2D eigenvalue weighted by atomic mass is 10.0. The van der Waals surface area contributed by atoms with Crippen LogP contribution in [0.1, 0.15) is 44.2 Å². The van der Waals surface area contributed by atoms with E-state index in [9.17, 15) is 4.39 Å². The molecule has 1 atom stereocenters. The summed E-state index contributed by atoms with van der Waals surface area (Å²) < 4.78 is 13.1. The Labute approximate surface area is 104 Å². The van der Waals surface area contributed by atoms with Gasteiger partial charge in [0.05, 0.1) is 0 Å². The normalized spacial score (nSPS) is 12.7. The van der Waals surface area contributed by atoms with E-state index < -0.39 is 0 Å². The second-order valence-electron chi connectivity index (χ2n) is 4.68. The zero-order valence-corrected chi connectivity index (χ0v) is 11.2. The fourth-order valence-electron chi connectivity index (χ4n) is 2.00. The van der Waals surface area contributed by atoms with E-state index in [2.05, 4.69) is 19.2 Å². The molecule has 0 saturated carbocycles. The van der Waals surface area contributed by atoms with E-state index in [4.69, 9.17) is 0 Å². The van der Waals surface area contributed by atoms with E-state index >= 15 is 0 Å². The Morgan fingerprint density at radius 1 is 1.29 bits per heavy atom. The maximum Gasteiger partial charge on any atom is 0.126 e. The van der Waals surface area contributed by atoms with Crippen LogP contribution >= 0.6 is 0 Å². The summed E-state index contributed by atoms with van der Waals surface area (Å²) in [6.45, 7) is 7.30. The molecule has 1 N–H and O–H groups in total. The Kier molecular flexibility index (Phi) is 6.20. The molecule has 2 heteroatoms. The number of hydrogen-bond acceptors (Lipinski definition) is 1. The molecule has 0 radical (unpaired) electrons. The van der Waals surface area contributed by atoms with Crippen molar-refractivity contribution in [2.24, 2.45) is 0 Å². The summed E-state index contributed by atoms with van der Waals surface area (Å²) in [5.41, 5.74) is 1.98. The minimum atomic E-state index is -0.107. The first kappa shape index (κ1) is 14.2. The van der Waals surface area contributed by atoms with Gasteiger partial charge in [0, 0.05) is 6.04 Å². The molecule has 1 unspecified atom stereocenters. The van der Waals surface area contributed by atoms with Crippen molar-refractivity contribution >= 4 is 0 Å². The van der Waals surface area contributed by atoms with E-state index in [1.165, 1.54) is 12.0 Å². The van der Waals surface area contributed by atoms with Crippen molar-refractivity contribution in [3.63, 3.8) is 0 Å². The number of benzene rings is 1. The van der Waals surface area contributed by atoms with Crippen LogP contribution in [0.5, 0.6) is 0 Å². The maximum absolute atomic E-state index is 13.1. The minimum absolute atomic E-state index is 0.107. The van der Waals surface area contributed by atoms with Crippen molar-refractivity contribution < 1.29 is 4.39 Å². The van der Waals surface area contributed by atoms with Crippen LogP contribution in [0.25, 0.3) is 0 Å². The molecular formula is C15H24FN. The molecule has 0 spiro atoms. The molecule has 17 heavy (non-hydrogen) atoms. The summed E-state index contributed by atoms with van der Waals surface area (Å²) in [6, 6.07) is 6.02. The van der Waals surface area contributed by atoms with Crippen LogP contribution in [0.2, 0.25) is 0 Å². The van der Waals surface area contributed by atoms with Gasteiger partial charge >= 0.3 is 0 Å². The van der Waals surface area contributed by atoms with Crippen molar-refractivity contribution in [2.75, 3.05) is 6.54 Å². The maximum atomic E-state index is 13.1. The number of nitrogens with one attached hydrogen (secondary N) is 1. The topological polar surface area (TPSA) is 12.0 Å². The first-order chi connectivity index (χ1) is 8.17. The summed E-state index contributed by atoms with van der Waals surface area (Å²) >= 11 is 0. The highest BCUT2D eigenvalue weighted by Gasteiger charge is 2.06. The second kappa shape index (κ2) is 7.44. The summed E-state index contributed by atoms with van der Waals surface area (Å²) in [7, 11) is 0. The van der Waals surface area contributed by atoms with Crippen LogP contribution in [-0.2, 0) is 6.42 Å². The van der Waals surface area contributed by atoms with Crippen LogP contribution < -0.4 is 5.32 Å². The Hall–Kier alpha value is -0.890. The number of aryl methyl sites for hydroxylation is 2. The van der Waals surface area contributed by atoms with Gasteiger partial charge in [0.15, 0.2) is 0 Å².